The van der Waals surface area contributed by atoms with Crippen LogP contribution in [0.15, 0.2) is 29.2 Å². The van der Waals surface area contributed by atoms with Crippen LogP contribution in [0.4, 0.5) is 0 Å². The summed E-state index contributed by atoms with van der Waals surface area (Å²) in [6.45, 7) is 1.08. The number of sulfonamides is 1. The zero-order valence-electron chi connectivity index (χ0n) is 12.1. The molecule has 8 heteroatoms. The minimum atomic E-state index is -3.68. The first-order valence-electron chi connectivity index (χ1n) is 6.51. The average molecular weight is 334 g/mol. The summed E-state index contributed by atoms with van der Waals surface area (Å²) in [7, 11) is -0.485. The molecule has 2 N–H and O–H groups in total. The van der Waals surface area contributed by atoms with E-state index in [1.807, 2.05) is 7.05 Å². The van der Waals surface area contributed by atoms with E-state index in [2.05, 4.69) is 10.6 Å². The number of carbonyl (C=O) groups is 1. The molecule has 0 heterocycles. The van der Waals surface area contributed by atoms with Crippen LogP contribution in [0.1, 0.15) is 6.42 Å². The van der Waals surface area contributed by atoms with Gasteiger partial charge in [-0.15, -0.1) is 0 Å². The summed E-state index contributed by atoms with van der Waals surface area (Å²) in [5.41, 5.74) is 0. The summed E-state index contributed by atoms with van der Waals surface area (Å²) in [4.78, 5) is 11.8. The van der Waals surface area contributed by atoms with Gasteiger partial charge in [0.15, 0.2) is 0 Å². The summed E-state index contributed by atoms with van der Waals surface area (Å²) >= 11 is 5.73. The fraction of sp³-hybridized carbons (Fsp3) is 0.462. The minimum Gasteiger partial charge on any atom is -0.355 e. The Kier molecular flexibility index (Phi) is 7.10. The van der Waals surface area contributed by atoms with E-state index >= 15 is 0 Å². The van der Waals surface area contributed by atoms with Gasteiger partial charge in [0, 0.05) is 18.6 Å². The molecule has 0 aliphatic heterocycles. The lowest BCUT2D eigenvalue weighted by Gasteiger charge is -2.17. The average Bonchev–Trinajstić information content (AvgIpc) is 2.44. The fourth-order valence-electron chi connectivity index (χ4n) is 1.62. The van der Waals surface area contributed by atoms with Gasteiger partial charge in [0.05, 0.1) is 11.4 Å². The molecule has 1 aromatic carbocycles. The summed E-state index contributed by atoms with van der Waals surface area (Å²) in [6, 6.07) is 5.83. The first kappa shape index (κ1) is 17.9. The number of nitrogens with zero attached hydrogens (tertiary/aromatic N) is 1. The Bertz CT molecular complexity index is 561. The molecule has 0 radical (unpaired) electrons. The third-order valence-corrected chi connectivity index (χ3v) is 4.88. The molecule has 0 unspecified atom stereocenters. The van der Waals surface area contributed by atoms with Crippen molar-refractivity contribution in [3.63, 3.8) is 0 Å². The van der Waals surface area contributed by atoms with Crippen LogP contribution >= 0.6 is 11.6 Å². The third-order valence-electron chi connectivity index (χ3n) is 2.81. The van der Waals surface area contributed by atoms with Crippen molar-refractivity contribution in [3.05, 3.63) is 29.3 Å². The van der Waals surface area contributed by atoms with E-state index in [1.54, 1.807) is 0 Å². The van der Waals surface area contributed by atoms with Crippen molar-refractivity contribution < 1.29 is 13.2 Å². The zero-order valence-corrected chi connectivity index (χ0v) is 13.7. The lowest BCUT2D eigenvalue weighted by molar-refractivity contribution is -0.121. The van der Waals surface area contributed by atoms with Gasteiger partial charge in [-0.05, 0) is 44.3 Å². The van der Waals surface area contributed by atoms with Crippen LogP contribution < -0.4 is 10.6 Å². The van der Waals surface area contributed by atoms with Crippen LogP contribution in [-0.2, 0) is 14.8 Å². The largest absolute Gasteiger partial charge is 0.355 e. The van der Waals surface area contributed by atoms with Gasteiger partial charge in [-0.3, -0.25) is 4.79 Å². The molecule has 0 spiro atoms. The Balaban J connectivity index is 2.59. The molecule has 1 rings (SSSR count). The van der Waals surface area contributed by atoms with Gasteiger partial charge in [-0.2, -0.15) is 4.31 Å². The second-order valence-electron chi connectivity index (χ2n) is 4.52. The number of nitrogens with one attached hydrogen (secondary N) is 2. The summed E-state index contributed by atoms with van der Waals surface area (Å²) < 4.78 is 25.5. The van der Waals surface area contributed by atoms with E-state index in [1.165, 1.54) is 31.3 Å². The molecule has 1 amide bonds. The van der Waals surface area contributed by atoms with Crippen molar-refractivity contribution in [2.45, 2.75) is 11.3 Å². The molecular weight excluding hydrogens is 314 g/mol. The van der Waals surface area contributed by atoms with E-state index < -0.39 is 10.0 Å². The van der Waals surface area contributed by atoms with Gasteiger partial charge in [-0.25, -0.2) is 8.42 Å². The standard InChI is InChI=1S/C13H20ClN3O3S/c1-15-8-3-9-16-13(18)10-17(2)21(19,20)12-6-4-11(14)5-7-12/h4-7,15H,3,8-10H2,1-2H3,(H,16,18). The van der Waals surface area contributed by atoms with Crippen LogP contribution in [-0.4, -0.2) is 52.4 Å². The normalized spacial score (nSPS) is 11.6. The molecule has 0 aliphatic rings. The smallest absolute Gasteiger partial charge is 0.243 e. The third kappa shape index (κ3) is 5.62. The van der Waals surface area contributed by atoms with Crippen molar-refractivity contribution in [1.29, 1.82) is 0 Å². The number of carbonyl (C=O) groups excluding carboxylic acids is 1. The van der Waals surface area contributed by atoms with Crippen molar-refractivity contribution in [1.82, 2.24) is 14.9 Å². The molecule has 0 saturated heterocycles. The molecule has 0 saturated carbocycles. The van der Waals surface area contributed by atoms with Gasteiger partial charge in [0.1, 0.15) is 0 Å². The Labute approximate surface area is 130 Å². The maximum Gasteiger partial charge on any atom is 0.243 e. The predicted octanol–water partition coefficient (Wildman–Crippen LogP) is 0.686. The summed E-state index contributed by atoms with van der Waals surface area (Å²) in [6.07, 6.45) is 0.788. The van der Waals surface area contributed by atoms with Crippen LogP contribution in [0.25, 0.3) is 0 Å². The van der Waals surface area contributed by atoms with Crippen LogP contribution in [0.3, 0.4) is 0 Å². The van der Waals surface area contributed by atoms with Crippen molar-refractivity contribution >= 4 is 27.5 Å². The quantitative estimate of drug-likeness (QED) is 0.686. The predicted molar refractivity (Wildman–Crippen MR) is 82.8 cm³/mol. The number of amides is 1. The van der Waals surface area contributed by atoms with E-state index in [9.17, 15) is 13.2 Å². The highest BCUT2D eigenvalue weighted by atomic mass is 35.5. The van der Waals surface area contributed by atoms with Crippen molar-refractivity contribution in [2.24, 2.45) is 0 Å². The van der Waals surface area contributed by atoms with Crippen molar-refractivity contribution in [2.75, 3.05) is 33.7 Å². The minimum absolute atomic E-state index is 0.109. The highest BCUT2D eigenvalue weighted by molar-refractivity contribution is 7.89. The maximum atomic E-state index is 12.2. The van der Waals surface area contributed by atoms with E-state index in [0.29, 0.717) is 11.6 Å². The highest BCUT2D eigenvalue weighted by Crippen LogP contribution is 2.17. The van der Waals surface area contributed by atoms with Crippen LogP contribution in [0, 0.1) is 0 Å². The molecule has 0 aromatic heterocycles. The Morgan fingerprint density at radius 3 is 2.43 bits per heavy atom. The molecule has 0 bridgehead atoms. The van der Waals surface area contributed by atoms with E-state index in [4.69, 9.17) is 11.6 Å². The lowest BCUT2D eigenvalue weighted by atomic mass is 10.4. The Morgan fingerprint density at radius 1 is 1.24 bits per heavy atom. The number of rotatable bonds is 8. The number of hydrogen-bond acceptors (Lipinski definition) is 4. The first-order valence-corrected chi connectivity index (χ1v) is 8.33. The summed E-state index contributed by atoms with van der Waals surface area (Å²) in [5.74, 6) is -0.328. The number of halogens is 1. The monoisotopic (exact) mass is 333 g/mol. The Morgan fingerprint density at radius 2 is 1.86 bits per heavy atom. The van der Waals surface area contributed by atoms with Gasteiger partial charge in [0.2, 0.25) is 15.9 Å². The fourth-order valence-corrected chi connectivity index (χ4v) is 2.88. The van der Waals surface area contributed by atoms with Gasteiger partial charge in [-0.1, -0.05) is 11.6 Å². The number of likely N-dealkylation sites (N-methyl/N-ethyl adjacent to an activating group) is 1. The van der Waals surface area contributed by atoms with Gasteiger partial charge >= 0.3 is 0 Å². The Hall–Kier alpha value is -1.15. The number of hydrogen-bond donors (Lipinski definition) is 2. The first-order chi connectivity index (χ1) is 9.87. The summed E-state index contributed by atoms with van der Waals surface area (Å²) in [5, 5.41) is 6.10. The van der Waals surface area contributed by atoms with Crippen LogP contribution in [0.5, 0.6) is 0 Å². The SMILES string of the molecule is CNCCCNC(=O)CN(C)S(=O)(=O)c1ccc(Cl)cc1. The molecule has 0 aliphatic carbocycles. The zero-order chi connectivity index (χ0) is 15.9. The lowest BCUT2D eigenvalue weighted by Crippen LogP contribution is -2.39. The second kappa shape index (κ2) is 8.33. The molecular formula is C13H20ClN3O3S. The van der Waals surface area contributed by atoms with Gasteiger partial charge in [0.25, 0.3) is 0 Å². The molecule has 6 nitrogen and oxygen atoms in total. The second-order valence-corrected chi connectivity index (χ2v) is 7.00. The maximum absolute atomic E-state index is 12.2. The molecule has 0 atom stereocenters. The molecule has 0 fully saturated rings. The van der Waals surface area contributed by atoms with E-state index in [-0.39, 0.29) is 17.3 Å². The highest BCUT2D eigenvalue weighted by Gasteiger charge is 2.22. The van der Waals surface area contributed by atoms with Gasteiger partial charge < -0.3 is 10.6 Å². The topological polar surface area (TPSA) is 78.5 Å². The number of benzene rings is 1. The molecule has 118 valence electrons. The van der Waals surface area contributed by atoms with Crippen LogP contribution in [0.2, 0.25) is 5.02 Å². The molecule has 1 aromatic rings. The molecule has 21 heavy (non-hydrogen) atoms. The van der Waals surface area contributed by atoms with E-state index in [0.717, 1.165) is 17.3 Å². The van der Waals surface area contributed by atoms with Crippen molar-refractivity contribution in [3.8, 4) is 0 Å².